The molecule has 0 aliphatic rings. The molecule has 1 amide bonds. The molecule has 5 aromatic carbocycles. The Hall–Kier alpha value is -5.24. The van der Waals surface area contributed by atoms with Crippen molar-refractivity contribution in [3.63, 3.8) is 0 Å². The Morgan fingerprint density at radius 2 is 0.800 bits per heavy atom. The van der Waals surface area contributed by atoms with Gasteiger partial charge in [0.25, 0.3) is 5.91 Å². The van der Waals surface area contributed by atoms with Crippen molar-refractivity contribution < 1.29 is 18.0 Å². The summed E-state index contributed by atoms with van der Waals surface area (Å²) in [5.74, 6) is -0.486. The number of amides is 1. The van der Waals surface area contributed by atoms with Crippen LogP contribution in [0.3, 0.4) is 0 Å². The molecule has 0 spiro atoms. The van der Waals surface area contributed by atoms with Crippen LogP contribution in [0, 0.1) is 0 Å². The Morgan fingerprint density at radius 3 is 1.18 bits per heavy atom. The van der Waals surface area contributed by atoms with Crippen LogP contribution in [-0.2, 0) is 6.18 Å². The monoisotopic (exact) mass is 538 g/mol. The van der Waals surface area contributed by atoms with E-state index in [1.165, 1.54) is 0 Å². The third-order valence-corrected chi connectivity index (χ3v) is 6.03. The van der Waals surface area contributed by atoms with Gasteiger partial charge in [-0.25, -0.2) is 0 Å². The second kappa shape index (κ2) is 11.7. The van der Waals surface area contributed by atoms with E-state index in [2.05, 4.69) is 21.3 Å². The molecule has 8 heteroatoms. The first-order chi connectivity index (χ1) is 19.3. The van der Waals surface area contributed by atoms with Crippen molar-refractivity contribution in [2.24, 2.45) is 0 Å². The predicted octanol–water partition coefficient (Wildman–Crippen LogP) is 9.19. The van der Waals surface area contributed by atoms with Crippen LogP contribution in [0.25, 0.3) is 0 Å². The topological polar surface area (TPSA) is 65.2 Å². The number of benzene rings is 5. The molecule has 4 N–H and O–H groups in total. The predicted molar refractivity (Wildman–Crippen MR) is 155 cm³/mol. The lowest BCUT2D eigenvalue weighted by Gasteiger charge is -2.12. The number of hydrogen-bond acceptors (Lipinski definition) is 4. The molecule has 0 bridgehead atoms. The van der Waals surface area contributed by atoms with Crippen LogP contribution in [0.1, 0.15) is 15.9 Å². The van der Waals surface area contributed by atoms with Crippen molar-refractivity contribution in [3.8, 4) is 0 Å². The number of hydrogen-bond donors (Lipinski definition) is 4. The molecule has 5 aromatic rings. The number of carbonyl (C=O) groups excluding carboxylic acids is 1. The number of nitrogens with one attached hydrogen (secondary N) is 4. The minimum atomic E-state index is -4.44. The molecule has 5 rings (SSSR count). The van der Waals surface area contributed by atoms with Crippen LogP contribution >= 0.6 is 0 Å². The molecular weight excluding hydrogens is 513 g/mol. The van der Waals surface area contributed by atoms with E-state index in [0.29, 0.717) is 5.69 Å². The van der Waals surface area contributed by atoms with Crippen LogP contribution in [0.5, 0.6) is 0 Å². The zero-order valence-electron chi connectivity index (χ0n) is 21.2. The van der Waals surface area contributed by atoms with E-state index in [0.717, 1.165) is 58.4 Å². The summed E-state index contributed by atoms with van der Waals surface area (Å²) in [4.78, 5) is 12.4. The third-order valence-electron chi connectivity index (χ3n) is 6.03. The second-order valence-electron chi connectivity index (χ2n) is 9.00. The highest BCUT2D eigenvalue weighted by Gasteiger charge is 2.30. The molecule has 5 nitrogen and oxygen atoms in total. The minimum Gasteiger partial charge on any atom is -0.356 e. The number of alkyl halides is 3. The van der Waals surface area contributed by atoms with Gasteiger partial charge >= 0.3 is 6.18 Å². The summed E-state index contributed by atoms with van der Waals surface area (Å²) >= 11 is 0. The summed E-state index contributed by atoms with van der Waals surface area (Å²) in [6.45, 7) is 0. The van der Waals surface area contributed by atoms with Gasteiger partial charge in [-0.15, -0.1) is 0 Å². The maximum atomic E-state index is 12.7. The average Bonchev–Trinajstić information content (AvgIpc) is 2.96. The first kappa shape index (κ1) is 26.4. The van der Waals surface area contributed by atoms with Gasteiger partial charge in [0.2, 0.25) is 0 Å². The Balaban J connectivity index is 1.13. The minimum absolute atomic E-state index is 0.142. The van der Waals surface area contributed by atoms with E-state index in [-0.39, 0.29) is 5.56 Å². The van der Waals surface area contributed by atoms with Gasteiger partial charge in [-0.2, -0.15) is 13.2 Å². The molecule has 0 saturated heterocycles. The van der Waals surface area contributed by atoms with Crippen molar-refractivity contribution in [1.82, 2.24) is 0 Å². The summed E-state index contributed by atoms with van der Waals surface area (Å²) < 4.78 is 38.2. The first-order valence-corrected chi connectivity index (χ1v) is 12.5. The molecule has 0 heterocycles. The average molecular weight is 539 g/mol. The lowest BCUT2D eigenvalue weighted by atomic mass is 10.1. The van der Waals surface area contributed by atoms with E-state index >= 15 is 0 Å². The van der Waals surface area contributed by atoms with Crippen molar-refractivity contribution >= 4 is 45.7 Å². The van der Waals surface area contributed by atoms with Crippen molar-refractivity contribution in [2.75, 3.05) is 21.3 Å². The largest absolute Gasteiger partial charge is 0.416 e. The normalized spacial score (nSPS) is 11.0. The lowest BCUT2D eigenvalue weighted by molar-refractivity contribution is -0.137. The Labute approximate surface area is 229 Å². The Kier molecular flexibility index (Phi) is 7.68. The van der Waals surface area contributed by atoms with Gasteiger partial charge in [-0.05, 0) is 109 Å². The molecule has 0 aromatic heterocycles. The number of rotatable bonds is 8. The number of anilines is 7. The van der Waals surface area contributed by atoms with Crippen molar-refractivity contribution in [2.45, 2.75) is 6.18 Å². The lowest BCUT2D eigenvalue weighted by Crippen LogP contribution is -2.12. The number of carbonyl (C=O) groups is 1. The van der Waals surface area contributed by atoms with E-state index in [4.69, 9.17) is 0 Å². The Morgan fingerprint density at radius 1 is 0.450 bits per heavy atom. The summed E-state index contributed by atoms with van der Waals surface area (Å²) in [5.41, 5.74) is 5.51. The second-order valence-corrected chi connectivity index (χ2v) is 9.00. The van der Waals surface area contributed by atoms with Crippen LogP contribution in [0.4, 0.5) is 53.0 Å². The van der Waals surface area contributed by atoms with E-state index < -0.39 is 17.6 Å². The van der Waals surface area contributed by atoms with Crippen molar-refractivity contribution in [1.29, 1.82) is 0 Å². The molecular formula is C32H25F3N4O. The Bertz CT molecular complexity index is 1550. The third kappa shape index (κ3) is 6.99. The zero-order valence-corrected chi connectivity index (χ0v) is 21.2. The smallest absolute Gasteiger partial charge is 0.356 e. The fourth-order valence-corrected chi connectivity index (χ4v) is 3.95. The van der Waals surface area contributed by atoms with Gasteiger partial charge in [0, 0.05) is 45.4 Å². The quantitative estimate of drug-likeness (QED) is 0.159. The van der Waals surface area contributed by atoms with Gasteiger partial charge in [-0.1, -0.05) is 18.2 Å². The van der Waals surface area contributed by atoms with Crippen LogP contribution in [-0.4, -0.2) is 5.91 Å². The highest BCUT2D eigenvalue weighted by Crippen LogP contribution is 2.29. The molecule has 0 unspecified atom stereocenters. The number of halogens is 3. The summed E-state index contributed by atoms with van der Waals surface area (Å²) in [5, 5.41) is 12.7. The van der Waals surface area contributed by atoms with Gasteiger partial charge in [0.15, 0.2) is 0 Å². The summed E-state index contributed by atoms with van der Waals surface area (Å²) in [6, 6.07) is 37.0. The molecule has 200 valence electrons. The van der Waals surface area contributed by atoms with Crippen LogP contribution < -0.4 is 21.3 Å². The van der Waals surface area contributed by atoms with Gasteiger partial charge < -0.3 is 21.3 Å². The van der Waals surface area contributed by atoms with E-state index in [9.17, 15) is 18.0 Å². The van der Waals surface area contributed by atoms with Crippen molar-refractivity contribution in [3.05, 3.63) is 139 Å². The molecule has 0 fully saturated rings. The standard InChI is InChI=1S/C32H25F3N4O/c33-32(34,35)23-8-6-22(7-9-23)31(40)39-30-20-18-29(19-21-30)38-28-16-14-27(15-17-28)37-26-12-10-25(11-13-26)36-24-4-2-1-3-5-24/h1-21,36-38H,(H,39,40). The van der Waals surface area contributed by atoms with Crippen LogP contribution in [0.15, 0.2) is 127 Å². The van der Waals surface area contributed by atoms with Gasteiger partial charge in [0.05, 0.1) is 5.56 Å². The molecule has 40 heavy (non-hydrogen) atoms. The van der Waals surface area contributed by atoms with Gasteiger partial charge in [-0.3, -0.25) is 4.79 Å². The van der Waals surface area contributed by atoms with E-state index in [1.54, 1.807) is 24.3 Å². The zero-order chi connectivity index (χ0) is 28.0. The fourth-order valence-electron chi connectivity index (χ4n) is 3.95. The maximum absolute atomic E-state index is 12.7. The van der Waals surface area contributed by atoms with Crippen LogP contribution in [0.2, 0.25) is 0 Å². The molecule has 0 atom stereocenters. The summed E-state index contributed by atoms with van der Waals surface area (Å²) in [7, 11) is 0. The highest BCUT2D eigenvalue weighted by atomic mass is 19.4. The fraction of sp³-hybridized carbons (Fsp3) is 0.0312. The summed E-state index contributed by atoms with van der Waals surface area (Å²) in [6.07, 6.45) is -4.44. The molecule has 0 saturated carbocycles. The van der Waals surface area contributed by atoms with Gasteiger partial charge in [0.1, 0.15) is 0 Å². The molecule has 0 radical (unpaired) electrons. The first-order valence-electron chi connectivity index (χ1n) is 12.5. The highest BCUT2D eigenvalue weighted by molar-refractivity contribution is 6.04. The van der Waals surface area contributed by atoms with E-state index in [1.807, 2.05) is 78.9 Å². The maximum Gasteiger partial charge on any atom is 0.416 e. The molecule has 0 aliphatic carbocycles. The SMILES string of the molecule is O=C(Nc1ccc(Nc2ccc(Nc3ccc(Nc4ccccc4)cc3)cc2)cc1)c1ccc(C(F)(F)F)cc1. The molecule has 0 aliphatic heterocycles. The number of para-hydroxylation sites is 1.